The van der Waals surface area contributed by atoms with Crippen LogP contribution in [0.15, 0.2) is 11.6 Å². The fraction of sp³-hybridized carbons (Fsp3) is 0.786. The topological polar surface area (TPSA) is 37.3 Å². The number of carboxylic acid groups (broad SMARTS) is 1. The van der Waals surface area contributed by atoms with Gasteiger partial charge in [0.2, 0.25) is 0 Å². The lowest BCUT2D eigenvalue weighted by atomic mass is 9.86. The van der Waals surface area contributed by atoms with E-state index in [9.17, 15) is 79.4 Å². The minimum Gasteiger partial charge on any atom is -0.478 e. The Morgan fingerprint density at radius 3 is 1.18 bits per heavy atom. The van der Waals surface area contributed by atoms with Gasteiger partial charge < -0.3 is 5.11 Å². The molecule has 1 unspecified atom stereocenters. The Hall–Kier alpha value is -1.98. The van der Waals surface area contributed by atoms with E-state index in [1.165, 1.54) is 0 Å². The van der Waals surface area contributed by atoms with Crippen LogP contribution in [-0.2, 0) is 4.79 Å². The summed E-state index contributed by atoms with van der Waals surface area (Å²) in [6, 6.07) is 0. The molecule has 0 aromatic carbocycles. The maximum absolute atomic E-state index is 13.5. The molecule has 0 radical (unpaired) electrons. The smallest absolute Gasteiger partial charge is 0.385 e. The standard InChI is InChI=1S/C14H9F17O2/c1-4(6(32)33)3-7(16,17)9(20,21)11(24,25)13(28,29)14(30,31)12(26,27)10(22,23)8(18,19)5(2)15/h3,5H,1-2H3,(H,32,33). The molecule has 1 atom stereocenters. The van der Waals surface area contributed by atoms with Crippen LogP contribution in [-0.4, -0.2) is 64.6 Å². The predicted molar refractivity (Wildman–Crippen MR) is 71.5 cm³/mol. The molecule has 0 bridgehead atoms. The van der Waals surface area contributed by atoms with Gasteiger partial charge in [-0.25, -0.2) is 9.18 Å². The summed E-state index contributed by atoms with van der Waals surface area (Å²) >= 11 is 0. The first kappa shape index (κ1) is 31.0. The first-order valence-electron chi connectivity index (χ1n) is 7.61. The molecular formula is C14H9F17O2. The van der Waals surface area contributed by atoms with Crippen LogP contribution in [0.2, 0.25) is 0 Å². The molecule has 0 saturated heterocycles. The van der Waals surface area contributed by atoms with Crippen molar-refractivity contribution >= 4 is 5.97 Å². The molecule has 0 aliphatic carbocycles. The van der Waals surface area contributed by atoms with Crippen molar-refractivity contribution in [3.05, 3.63) is 11.6 Å². The van der Waals surface area contributed by atoms with Crippen molar-refractivity contribution in [2.45, 2.75) is 67.4 Å². The van der Waals surface area contributed by atoms with E-state index in [1.807, 2.05) is 0 Å². The Bertz CT molecular complexity index is 781. The molecule has 1 N–H and O–H groups in total. The second-order valence-corrected chi connectivity index (χ2v) is 6.44. The number of alkyl halides is 17. The van der Waals surface area contributed by atoms with Crippen LogP contribution in [0.5, 0.6) is 0 Å². The molecule has 0 rings (SSSR count). The summed E-state index contributed by atoms with van der Waals surface area (Å²) in [5.74, 6) is -66.5. The number of hydrogen-bond donors (Lipinski definition) is 1. The van der Waals surface area contributed by atoms with Crippen LogP contribution in [0.3, 0.4) is 0 Å². The van der Waals surface area contributed by atoms with Gasteiger partial charge in [-0.2, -0.15) is 70.2 Å². The van der Waals surface area contributed by atoms with E-state index < -0.39 is 78.1 Å². The van der Waals surface area contributed by atoms with E-state index in [1.54, 1.807) is 0 Å². The lowest BCUT2D eigenvalue weighted by Crippen LogP contribution is -2.75. The lowest BCUT2D eigenvalue weighted by Gasteiger charge is -2.43. The Morgan fingerprint density at radius 1 is 0.636 bits per heavy atom. The van der Waals surface area contributed by atoms with Crippen molar-refractivity contribution in [2.75, 3.05) is 0 Å². The Kier molecular flexibility index (Phi) is 7.57. The highest BCUT2D eigenvalue weighted by atomic mass is 19.4. The highest BCUT2D eigenvalue weighted by Crippen LogP contribution is 2.64. The first-order valence-corrected chi connectivity index (χ1v) is 7.61. The third-order valence-corrected chi connectivity index (χ3v) is 4.04. The highest BCUT2D eigenvalue weighted by molar-refractivity contribution is 5.86. The first-order chi connectivity index (χ1) is 14.0. The fourth-order valence-electron chi connectivity index (χ4n) is 1.88. The molecule has 0 aliphatic heterocycles. The number of carbonyl (C=O) groups is 1. The number of allylic oxidation sites excluding steroid dienone is 1. The fourth-order valence-corrected chi connectivity index (χ4v) is 1.88. The van der Waals surface area contributed by atoms with Gasteiger partial charge in [-0.05, 0) is 13.8 Å². The monoisotopic (exact) mass is 532 g/mol. The lowest BCUT2D eigenvalue weighted by molar-refractivity contribution is -0.452. The van der Waals surface area contributed by atoms with Gasteiger partial charge in [0.1, 0.15) is 0 Å². The molecule has 0 heterocycles. The Morgan fingerprint density at radius 2 is 0.909 bits per heavy atom. The number of aliphatic carboxylic acids is 1. The molecule has 0 aliphatic rings. The van der Waals surface area contributed by atoms with Crippen molar-refractivity contribution < 1.29 is 84.5 Å². The molecular weight excluding hydrogens is 523 g/mol. The van der Waals surface area contributed by atoms with Crippen LogP contribution in [0.25, 0.3) is 0 Å². The summed E-state index contributed by atoms with van der Waals surface area (Å²) in [4.78, 5) is 10.3. The number of carboxylic acids is 1. The van der Waals surface area contributed by atoms with E-state index in [0.717, 1.165) is 0 Å². The normalized spacial score (nSPS) is 17.2. The SMILES string of the molecule is CC(=CC(F)(F)C(F)(F)C(F)(F)C(F)(F)C(F)(F)C(F)(F)C(F)(F)C(F)(F)C(C)F)C(=O)O. The average Bonchev–Trinajstić information content (AvgIpc) is 2.59. The molecule has 2 nitrogen and oxygen atoms in total. The largest absolute Gasteiger partial charge is 0.478 e. The van der Waals surface area contributed by atoms with Gasteiger partial charge in [-0.15, -0.1) is 0 Å². The molecule has 0 aromatic heterocycles. The maximum atomic E-state index is 13.5. The van der Waals surface area contributed by atoms with Crippen molar-refractivity contribution in [3.8, 4) is 0 Å². The molecule has 196 valence electrons. The minimum absolute atomic E-state index is 0.0217. The summed E-state index contributed by atoms with van der Waals surface area (Å²) < 4.78 is 226. The summed E-state index contributed by atoms with van der Waals surface area (Å²) in [6.07, 6.45) is -6.21. The highest BCUT2D eigenvalue weighted by Gasteiger charge is 2.95. The van der Waals surface area contributed by atoms with E-state index in [-0.39, 0.29) is 6.92 Å². The van der Waals surface area contributed by atoms with Gasteiger partial charge in [0.15, 0.2) is 6.17 Å². The zero-order valence-corrected chi connectivity index (χ0v) is 15.4. The van der Waals surface area contributed by atoms with Crippen LogP contribution in [0.1, 0.15) is 13.8 Å². The van der Waals surface area contributed by atoms with Crippen molar-refractivity contribution in [1.29, 1.82) is 0 Å². The third-order valence-electron chi connectivity index (χ3n) is 4.04. The predicted octanol–water partition coefficient (Wildman–Crippen LogP) is 6.46. The van der Waals surface area contributed by atoms with Gasteiger partial charge in [-0.1, -0.05) is 0 Å². The van der Waals surface area contributed by atoms with Gasteiger partial charge in [0.25, 0.3) is 0 Å². The molecule has 0 fully saturated rings. The van der Waals surface area contributed by atoms with Crippen LogP contribution < -0.4 is 0 Å². The molecule has 0 saturated carbocycles. The van der Waals surface area contributed by atoms with Crippen molar-refractivity contribution in [2.24, 2.45) is 0 Å². The number of halogens is 17. The summed E-state index contributed by atoms with van der Waals surface area (Å²) in [5, 5.41) is 8.23. The quantitative estimate of drug-likeness (QED) is 0.259. The van der Waals surface area contributed by atoms with E-state index in [2.05, 4.69) is 0 Å². The van der Waals surface area contributed by atoms with Gasteiger partial charge in [-0.3, -0.25) is 0 Å². The molecule has 0 spiro atoms. The zero-order valence-electron chi connectivity index (χ0n) is 15.4. The van der Waals surface area contributed by atoms with E-state index in [0.29, 0.717) is 0 Å². The summed E-state index contributed by atoms with van der Waals surface area (Å²) in [5.41, 5.74) is -1.99. The molecule has 0 aromatic rings. The Labute approximate surface area is 171 Å². The van der Waals surface area contributed by atoms with Gasteiger partial charge in [0, 0.05) is 11.6 Å². The second-order valence-electron chi connectivity index (χ2n) is 6.44. The van der Waals surface area contributed by atoms with Crippen LogP contribution in [0, 0.1) is 0 Å². The molecule has 0 amide bonds. The van der Waals surface area contributed by atoms with E-state index >= 15 is 0 Å². The minimum atomic E-state index is -8.66. The molecule has 33 heavy (non-hydrogen) atoms. The average molecular weight is 532 g/mol. The van der Waals surface area contributed by atoms with Crippen LogP contribution in [0.4, 0.5) is 74.6 Å². The third kappa shape index (κ3) is 4.08. The van der Waals surface area contributed by atoms with E-state index in [4.69, 9.17) is 5.11 Å². The second kappa shape index (κ2) is 8.06. The van der Waals surface area contributed by atoms with Gasteiger partial charge >= 0.3 is 53.3 Å². The van der Waals surface area contributed by atoms with Crippen molar-refractivity contribution in [3.63, 3.8) is 0 Å². The molecule has 19 heteroatoms. The zero-order chi connectivity index (χ0) is 27.4. The van der Waals surface area contributed by atoms with Gasteiger partial charge in [0.05, 0.1) is 0 Å². The maximum Gasteiger partial charge on any atom is 0.385 e. The van der Waals surface area contributed by atoms with Crippen molar-refractivity contribution in [1.82, 2.24) is 0 Å². The summed E-state index contributed by atoms with van der Waals surface area (Å²) in [7, 11) is 0. The van der Waals surface area contributed by atoms with Crippen LogP contribution >= 0.6 is 0 Å². The number of rotatable bonds is 10. The Balaban J connectivity index is 6.93. The summed E-state index contributed by atoms with van der Waals surface area (Å²) in [6.45, 7) is -0.702. The number of hydrogen-bond acceptors (Lipinski definition) is 1.